The maximum atomic E-state index is 12.1. The summed E-state index contributed by atoms with van der Waals surface area (Å²) >= 11 is 0. The van der Waals surface area contributed by atoms with Crippen LogP contribution in [-0.2, 0) is 47.5 Å². The van der Waals surface area contributed by atoms with Gasteiger partial charge in [0.05, 0.1) is 64.9 Å². The molecule has 2 aliphatic carbocycles. The lowest BCUT2D eigenvalue weighted by molar-refractivity contribution is -0.161. The molecule has 4 unspecified atom stereocenters. The fourth-order valence-corrected chi connectivity index (χ4v) is 7.85. The van der Waals surface area contributed by atoms with Gasteiger partial charge >= 0.3 is 24.2 Å². The van der Waals surface area contributed by atoms with Gasteiger partial charge in [0, 0.05) is 57.9 Å². The number of likely N-dealkylation sites (N-methyl/N-ethyl adjacent to an activating group) is 3. The van der Waals surface area contributed by atoms with E-state index in [4.69, 9.17) is 37.9 Å². The highest BCUT2D eigenvalue weighted by atomic mass is 16.6. The number of ether oxygens (including phenoxy) is 8. The number of amides is 4. The van der Waals surface area contributed by atoms with Crippen LogP contribution in [-0.4, -0.2) is 240 Å². The summed E-state index contributed by atoms with van der Waals surface area (Å²) in [6, 6.07) is 0. The summed E-state index contributed by atoms with van der Waals surface area (Å²) in [5, 5.41) is 3.38. The maximum Gasteiger partial charge on any atom is 0.410 e. The van der Waals surface area contributed by atoms with Gasteiger partial charge in [0.1, 0.15) is 16.8 Å². The van der Waals surface area contributed by atoms with Crippen LogP contribution < -0.4 is 5.32 Å². The minimum atomic E-state index is -0.716. The summed E-state index contributed by atoms with van der Waals surface area (Å²) in [5.74, 6) is -0.575. The molecule has 0 bridgehead atoms. The second kappa shape index (κ2) is 24.8. The van der Waals surface area contributed by atoms with E-state index in [0.29, 0.717) is 64.2 Å². The number of carbonyl (C=O) groups excluding carboxylic acids is 5. The first kappa shape index (κ1) is 57.8. The van der Waals surface area contributed by atoms with Gasteiger partial charge in [-0.15, -0.1) is 0 Å². The van der Waals surface area contributed by atoms with Gasteiger partial charge in [-0.3, -0.25) is 4.79 Å². The van der Waals surface area contributed by atoms with E-state index in [1.54, 1.807) is 46.7 Å². The first-order valence-electron chi connectivity index (χ1n) is 23.9. The van der Waals surface area contributed by atoms with Crippen LogP contribution in [0.4, 0.5) is 14.4 Å². The van der Waals surface area contributed by atoms with Gasteiger partial charge in [-0.2, -0.15) is 0 Å². The fourth-order valence-electron chi connectivity index (χ4n) is 7.85. The van der Waals surface area contributed by atoms with Crippen molar-refractivity contribution in [2.45, 2.75) is 147 Å². The van der Waals surface area contributed by atoms with Crippen LogP contribution >= 0.6 is 0 Å². The molecule has 6 rings (SSSR count). The molecule has 0 aromatic rings. The van der Waals surface area contributed by atoms with Gasteiger partial charge in [0.2, 0.25) is 0 Å². The molecule has 67 heavy (non-hydrogen) atoms. The minimum absolute atomic E-state index is 0.101. The molecule has 6 fully saturated rings. The number of rotatable bonds is 7. The summed E-state index contributed by atoms with van der Waals surface area (Å²) in [5.41, 5.74) is -1.02. The van der Waals surface area contributed by atoms with Gasteiger partial charge in [-0.1, -0.05) is 0 Å². The van der Waals surface area contributed by atoms with E-state index in [9.17, 15) is 24.0 Å². The summed E-state index contributed by atoms with van der Waals surface area (Å²) < 4.78 is 43.1. The molecule has 0 aromatic heterocycles. The van der Waals surface area contributed by atoms with Gasteiger partial charge in [-0.05, 0) is 123 Å². The molecule has 4 saturated heterocycles. The van der Waals surface area contributed by atoms with Crippen molar-refractivity contribution in [1.82, 2.24) is 34.7 Å². The van der Waals surface area contributed by atoms with Crippen LogP contribution in [0.2, 0.25) is 0 Å². The first-order chi connectivity index (χ1) is 31.0. The van der Waals surface area contributed by atoms with Crippen molar-refractivity contribution >= 4 is 30.2 Å². The predicted octanol–water partition coefficient (Wildman–Crippen LogP) is 3.68. The van der Waals surface area contributed by atoms with Crippen molar-refractivity contribution in [3.05, 3.63) is 0 Å². The van der Waals surface area contributed by atoms with Gasteiger partial charge in [0.15, 0.2) is 12.2 Å². The number of hydrogen-bond donors (Lipinski definition) is 1. The monoisotopic (exact) mass is 958 g/mol. The van der Waals surface area contributed by atoms with E-state index in [1.807, 2.05) is 41.5 Å². The third-order valence-electron chi connectivity index (χ3n) is 11.9. The summed E-state index contributed by atoms with van der Waals surface area (Å²) in [7, 11) is 11.8. The van der Waals surface area contributed by atoms with Crippen LogP contribution in [0.5, 0.6) is 0 Å². The lowest BCUT2D eigenvalue weighted by Gasteiger charge is -2.40. The van der Waals surface area contributed by atoms with Crippen LogP contribution in [0, 0.1) is 0 Å². The average molecular weight is 958 g/mol. The molecule has 4 heterocycles. The molecule has 0 aromatic carbocycles. The number of morpholine rings is 4. The Morgan fingerprint density at radius 1 is 0.567 bits per heavy atom. The quantitative estimate of drug-likeness (QED) is 0.287. The molecule has 4 amide bonds. The first-order valence-corrected chi connectivity index (χ1v) is 23.9. The van der Waals surface area contributed by atoms with E-state index >= 15 is 0 Å². The summed E-state index contributed by atoms with van der Waals surface area (Å²) in [4.78, 5) is 69.9. The topological polar surface area (TPSA) is 191 Å². The standard InChI is InChI=1S/C14H26N2O3.C12H22N2O4.C12H21NO5.C9H18N2O/c1-13(2,3)19-12(17)16-8-9-18-11(10-16)14(6-7-14)15(4)5;1-12(2,3)18-11(16)14-6-7-17-9(8-14)10(15)13(4)5;1-5-16-10(14)9-8-13(6-7-17-9)11(15)18-12(2,3)4;1-11(2)9(3-4-9)8-7-10-5-6-12-8/h11H,6-10H2,1-5H3;9H,6-8H2,1-5H3;9H,5-8H2,1-4H3;8,10H,3-7H2,1-2H3. The lowest BCUT2D eigenvalue weighted by atomic mass is 10.1. The Labute approximate surface area is 400 Å². The Morgan fingerprint density at radius 2 is 0.955 bits per heavy atom. The third kappa shape index (κ3) is 18.7. The van der Waals surface area contributed by atoms with Crippen LogP contribution in [0.3, 0.4) is 0 Å². The zero-order chi connectivity index (χ0) is 50.5. The third-order valence-corrected chi connectivity index (χ3v) is 11.9. The second-order valence-corrected chi connectivity index (χ2v) is 21.4. The highest BCUT2D eigenvalue weighted by Gasteiger charge is 2.54. The van der Waals surface area contributed by atoms with Crippen LogP contribution in [0.15, 0.2) is 0 Å². The van der Waals surface area contributed by atoms with Crippen molar-refractivity contribution in [3.63, 3.8) is 0 Å². The zero-order valence-corrected chi connectivity index (χ0v) is 43.8. The largest absolute Gasteiger partial charge is 0.464 e. The number of esters is 1. The van der Waals surface area contributed by atoms with E-state index < -0.39 is 47.2 Å². The minimum Gasteiger partial charge on any atom is -0.464 e. The maximum absolute atomic E-state index is 12.1. The number of nitrogens with zero attached hydrogens (tertiary/aromatic N) is 6. The van der Waals surface area contributed by atoms with Crippen molar-refractivity contribution < 1.29 is 61.9 Å². The Bertz CT molecular complexity index is 1600. The molecular weight excluding hydrogens is 871 g/mol. The molecule has 1 N–H and O–H groups in total. The molecular formula is C47H87N7O13. The fraction of sp³-hybridized carbons (Fsp3) is 0.894. The van der Waals surface area contributed by atoms with E-state index in [0.717, 1.165) is 32.5 Å². The normalized spacial score (nSPS) is 24.5. The van der Waals surface area contributed by atoms with Crippen molar-refractivity contribution in [2.75, 3.05) is 128 Å². The smallest absolute Gasteiger partial charge is 0.410 e. The lowest BCUT2D eigenvalue weighted by Crippen LogP contribution is -2.55. The molecule has 388 valence electrons. The van der Waals surface area contributed by atoms with Crippen molar-refractivity contribution in [1.29, 1.82) is 0 Å². The molecule has 6 aliphatic rings. The van der Waals surface area contributed by atoms with E-state index in [1.165, 1.54) is 27.5 Å². The predicted molar refractivity (Wildman–Crippen MR) is 252 cm³/mol. The zero-order valence-electron chi connectivity index (χ0n) is 43.8. The molecule has 20 nitrogen and oxygen atoms in total. The Hall–Kier alpha value is -3.53. The molecule has 20 heteroatoms. The van der Waals surface area contributed by atoms with Crippen molar-refractivity contribution in [2.24, 2.45) is 0 Å². The Kier molecular flexibility index (Phi) is 21.4. The van der Waals surface area contributed by atoms with Gasteiger partial charge in [-0.25, -0.2) is 19.2 Å². The Balaban J connectivity index is 0.000000239. The second-order valence-electron chi connectivity index (χ2n) is 21.4. The molecule has 4 atom stereocenters. The molecule has 0 radical (unpaired) electrons. The summed E-state index contributed by atoms with van der Waals surface area (Å²) in [6.45, 7) is 25.3. The number of nitrogens with one attached hydrogen (secondary N) is 1. The SMILES string of the molecule is CCOC(=O)C1CN(C(=O)OC(C)(C)C)CCO1.CN(C)C(=O)C1CN(C(=O)OC(C)(C)C)CCO1.CN(C)C1(C2CN(C(=O)OC(C)(C)C)CCO2)CC1.CN(C)C1(C2CNCCO2)CC1. The van der Waals surface area contributed by atoms with E-state index in [2.05, 4.69) is 43.3 Å². The Morgan fingerprint density at radius 3 is 1.33 bits per heavy atom. The van der Waals surface area contributed by atoms with Gasteiger partial charge in [0.25, 0.3) is 5.91 Å². The highest BCUT2D eigenvalue weighted by molar-refractivity contribution is 5.81. The van der Waals surface area contributed by atoms with Gasteiger partial charge < -0.3 is 72.6 Å². The average Bonchev–Trinajstić information content (AvgIpc) is 4.18. The highest BCUT2D eigenvalue weighted by Crippen LogP contribution is 2.46. The van der Waals surface area contributed by atoms with Crippen LogP contribution in [0.1, 0.15) is 94.9 Å². The molecule has 0 spiro atoms. The van der Waals surface area contributed by atoms with Crippen LogP contribution in [0.25, 0.3) is 0 Å². The van der Waals surface area contributed by atoms with Crippen molar-refractivity contribution in [3.8, 4) is 0 Å². The summed E-state index contributed by atoms with van der Waals surface area (Å²) in [6.07, 6.45) is 3.04. The number of carbonyl (C=O) groups is 5. The molecule has 2 saturated carbocycles. The molecule has 4 aliphatic heterocycles. The number of hydrogen-bond acceptors (Lipinski definition) is 16. The van der Waals surface area contributed by atoms with E-state index in [-0.39, 0.29) is 36.7 Å².